The second kappa shape index (κ2) is 6.78. The van der Waals surface area contributed by atoms with Crippen molar-refractivity contribution in [2.75, 3.05) is 13.1 Å². The molecule has 2 aliphatic rings. The third kappa shape index (κ3) is 3.62. The third-order valence-corrected chi connectivity index (χ3v) is 5.16. The predicted octanol–water partition coefficient (Wildman–Crippen LogP) is 0.246. The van der Waals surface area contributed by atoms with Gasteiger partial charge in [0.2, 0.25) is 0 Å². The normalized spacial score (nSPS) is 22.8. The highest BCUT2D eigenvalue weighted by Gasteiger charge is 2.36. The molecule has 0 atom stereocenters. The van der Waals surface area contributed by atoms with Gasteiger partial charge in [0.25, 0.3) is 5.56 Å². The van der Waals surface area contributed by atoms with Crippen molar-refractivity contribution in [1.29, 1.82) is 0 Å². The monoisotopic (exact) mass is 356 g/mol. The largest absolute Gasteiger partial charge is 0.348 e. The van der Waals surface area contributed by atoms with Crippen LogP contribution >= 0.6 is 11.3 Å². The van der Waals surface area contributed by atoms with Crippen LogP contribution in [0, 0.1) is 0 Å². The lowest BCUT2D eigenvalue weighted by Crippen LogP contribution is -2.38. The molecule has 7 heteroatoms. The Morgan fingerprint density at radius 3 is 2.88 bits per heavy atom. The van der Waals surface area contributed by atoms with Crippen LogP contribution in [0.3, 0.4) is 0 Å². The Kier molecular flexibility index (Phi) is 4.69. The van der Waals surface area contributed by atoms with Gasteiger partial charge in [0.05, 0.1) is 10.1 Å². The van der Waals surface area contributed by atoms with Crippen LogP contribution in [-0.2, 0) is 4.79 Å². The Morgan fingerprint density at radius 1 is 1.40 bits per heavy atom. The first-order valence-electron chi connectivity index (χ1n) is 7.91. The summed E-state index contributed by atoms with van der Waals surface area (Å²) in [5.41, 5.74) is 0.780. The summed E-state index contributed by atoms with van der Waals surface area (Å²) in [4.78, 5) is 33.1. The molecule has 1 fully saturated rings. The minimum atomic E-state index is -0.583. The summed E-state index contributed by atoms with van der Waals surface area (Å²) in [5, 5.41) is 3.17. The summed E-state index contributed by atoms with van der Waals surface area (Å²) in [6, 6.07) is 0. The minimum absolute atomic E-state index is 0.0292. The zero-order chi connectivity index (χ0) is 18.0. The molecule has 2 aliphatic heterocycles. The highest BCUT2D eigenvalue weighted by molar-refractivity contribution is 7.07. The molecule has 0 unspecified atom stereocenters. The summed E-state index contributed by atoms with van der Waals surface area (Å²) in [6.07, 6.45) is 11.1. The van der Waals surface area contributed by atoms with Gasteiger partial charge in [-0.05, 0) is 32.2 Å². The quantitative estimate of drug-likeness (QED) is 0.761. The fourth-order valence-corrected chi connectivity index (χ4v) is 3.67. The van der Waals surface area contributed by atoms with E-state index in [1.54, 1.807) is 6.20 Å². The molecule has 0 bridgehead atoms. The lowest BCUT2D eigenvalue weighted by atomic mass is 10.00. The van der Waals surface area contributed by atoms with E-state index in [4.69, 9.17) is 0 Å². The van der Waals surface area contributed by atoms with Crippen molar-refractivity contribution in [1.82, 2.24) is 15.2 Å². The first-order valence-corrected chi connectivity index (χ1v) is 8.73. The van der Waals surface area contributed by atoms with Gasteiger partial charge < -0.3 is 15.2 Å². The maximum absolute atomic E-state index is 12.4. The van der Waals surface area contributed by atoms with E-state index in [9.17, 15) is 9.59 Å². The number of H-pyrrole nitrogens is 1. The smallest absolute Gasteiger partial charge is 0.266 e. The molecule has 3 heterocycles. The van der Waals surface area contributed by atoms with Crippen molar-refractivity contribution in [2.24, 2.45) is 4.99 Å². The molecule has 6 nitrogen and oxygen atoms in total. The number of carbonyl (C=O) groups excluding carboxylic acids is 1. The van der Waals surface area contributed by atoms with Crippen molar-refractivity contribution in [3.05, 3.63) is 55.9 Å². The van der Waals surface area contributed by atoms with Crippen LogP contribution < -0.4 is 20.1 Å². The number of ketones is 1. The summed E-state index contributed by atoms with van der Waals surface area (Å²) in [6.45, 7) is 8.31. The van der Waals surface area contributed by atoms with E-state index in [2.05, 4.69) is 22.0 Å². The predicted molar refractivity (Wildman–Crippen MR) is 102 cm³/mol. The Morgan fingerprint density at radius 2 is 2.20 bits per heavy atom. The van der Waals surface area contributed by atoms with Crippen LogP contribution in [0.1, 0.15) is 13.8 Å². The molecule has 1 aromatic heterocycles. The number of hydrogen-bond donors (Lipinski definition) is 2. The average Bonchev–Trinajstić information content (AvgIpc) is 3.06. The van der Waals surface area contributed by atoms with Crippen LogP contribution in [0.2, 0.25) is 0 Å². The molecular formula is C18H20N4O2S. The number of allylic oxidation sites excluding steroid dienone is 2. The van der Waals surface area contributed by atoms with Crippen LogP contribution in [0.15, 0.2) is 46.1 Å². The number of aliphatic imine (C=N–C) groups is 1. The third-order valence-electron chi connectivity index (χ3n) is 4.09. The van der Waals surface area contributed by atoms with Gasteiger partial charge in [-0.15, -0.1) is 11.3 Å². The fraction of sp³-hybridized carbons (Fsp3) is 0.278. The number of rotatable bonds is 3. The number of nitrogens with one attached hydrogen (secondary N) is 2. The number of aromatic nitrogens is 1. The molecule has 0 aliphatic carbocycles. The molecule has 1 saturated heterocycles. The van der Waals surface area contributed by atoms with Crippen molar-refractivity contribution in [2.45, 2.75) is 19.4 Å². The zero-order valence-corrected chi connectivity index (χ0v) is 15.0. The minimum Gasteiger partial charge on any atom is -0.348 e. The highest BCUT2D eigenvalue weighted by Crippen LogP contribution is 2.18. The maximum Gasteiger partial charge on any atom is 0.266 e. The lowest BCUT2D eigenvalue weighted by Gasteiger charge is -2.16. The maximum atomic E-state index is 12.4. The number of aromatic amines is 1. The number of hydrogen-bond acceptors (Lipinski definition) is 6. The van der Waals surface area contributed by atoms with Crippen molar-refractivity contribution >= 4 is 35.5 Å². The van der Waals surface area contributed by atoms with Gasteiger partial charge in [0.15, 0.2) is 5.78 Å². The summed E-state index contributed by atoms with van der Waals surface area (Å²) >= 11 is 1.31. The molecule has 0 saturated carbocycles. The number of thiazole rings is 1. The van der Waals surface area contributed by atoms with Crippen LogP contribution in [0.25, 0.3) is 11.6 Å². The van der Waals surface area contributed by atoms with E-state index < -0.39 is 5.54 Å². The molecule has 0 amide bonds. The van der Waals surface area contributed by atoms with E-state index in [0.717, 1.165) is 12.1 Å². The Balaban J connectivity index is 2.00. The van der Waals surface area contributed by atoms with Gasteiger partial charge in [0.1, 0.15) is 4.66 Å². The number of nitrogens with zero attached hydrogens (tertiary/aromatic N) is 2. The average molecular weight is 356 g/mol. The molecular weight excluding hydrogens is 336 g/mol. The van der Waals surface area contributed by atoms with E-state index in [1.807, 2.05) is 49.4 Å². The van der Waals surface area contributed by atoms with E-state index >= 15 is 0 Å². The van der Waals surface area contributed by atoms with Gasteiger partial charge in [0, 0.05) is 37.3 Å². The first-order chi connectivity index (χ1) is 11.9. The van der Waals surface area contributed by atoms with Gasteiger partial charge in [-0.1, -0.05) is 12.2 Å². The molecule has 0 radical (unpaired) electrons. The second-order valence-corrected chi connectivity index (χ2v) is 7.44. The van der Waals surface area contributed by atoms with Gasteiger partial charge in [-0.2, -0.15) is 0 Å². The molecule has 0 spiro atoms. The van der Waals surface area contributed by atoms with Gasteiger partial charge in [-0.25, -0.2) is 0 Å². The van der Waals surface area contributed by atoms with E-state index in [-0.39, 0.29) is 11.3 Å². The molecule has 1 aromatic rings. The fourth-order valence-electron chi connectivity index (χ4n) is 2.68. The Hall–Kier alpha value is -2.51. The topological polar surface area (TPSA) is 77.6 Å². The summed E-state index contributed by atoms with van der Waals surface area (Å²) < 4.78 is 1.20. The first kappa shape index (κ1) is 17.3. The zero-order valence-electron chi connectivity index (χ0n) is 14.2. The standard InChI is InChI=1S/C18H20N4O2S/c1-18(2)15(23)13(10-20-18)17-21-16(24)14(25-17)9-12-5-4-7-22(11-12)8-6-19-3/h4-6,8-9,11,20H,3,7,10H2,1-2H3,(H,21,24)/b8-6-,14-9-,17-13+. The SMILES string of the molecule is C=N/C=C\N1C=C(/C=c2\s/c(=C3\CNC(C)(C)C3=O)[nH]c2=O)C=CC1. The van der Waals surface area contributed by atoms with Gasteiger partial charge in [-0.3, -0.25) is 14.6 Å². The summed E-state index contributed by atoms with van der Waals surface area (Å²) in [7, 11) is 0. The van der Waals surface area contributed by atoms with Crippen molar-refractivity contribution in [3.8, 4) is 0 Å². The highest BCUT2D eigenvalue weighted by atomic mass is 32.1. The Labute approximate surface area is 149 Å². The second-order valence-electron chi connectivity index (χ2n) is 6.39. The van der Waals surface area contributed by atoms with Crippen molar-refractivity contribution in [3.63, 3.8) is 0 Å². The van der Waals surface area contributed by atoms with E-state index in [0.29, 0.717) is 21.3 Å². The molecule has 3 rings (SSSR count). The van der Waals surface area contributed by atoms with Crippen LogP contribution in [0.4, 0.5) is 0 Å². The Bertz CT molecular complexity index is 975. The van der Waals surface area contributed by atoms with Gasteiger partial charge >= 0.3 is 0 Å². The van der Waals surface area contributed by atoms with Crippen molar-refractivity contribution < 1.29 is 4.79 Å². The molecule has 130 valence electrons. The number of Topliss-reactive ketones (excluding diaryl/α,β-unsaturated/α-hetero) is 1. The van der Waals surface area contributed by atoms with Crippen LogP contribution in [0.5, 0.6) is 0 Å². The van der Waals surface area contributed by atoms with E-state index in [1.165, 1.54) is 11.3 Å². The van der Waals surface area contributed by atoms with Crippen LogP contribution in [-0.4, -0.2) is 41.0 Å². The summed E-state index contributed by atoms with van der Waals surface area (Å²) in [5.74, 6) is 0.0292. The molecule has 0 aromatic carbocycles. The lowest BCUT2D eigenvalue weighted by molar-refractivity contribution is -0.117. The molecule has 25 heavy (non-hydrogen) atoms. The molecule has 2 N–H and O–H groups in total. The number of carbonyl (C=O) groups is 1.